The molecule has 0 fully saturated rings. The molecular formula is C19H24O2. The van der Waals surface area contributed by atoms with Crippen LogP contribution in [0.2, 0.25) is 0 Å². The topological polar surface area (TPSA) is 29.5 Å². The highest BCUT2D eigenvalue weighted by molar-refractivity contribution is 5.89. The highest BCUT2D eigenvalue weighted by atomic mass is 16.5. The van der Waals surface area contributed by atoms with E-state index in [4.69, 9.17) is 4.74 Å². The van der Waals surface area contributed by atoms with Crippen molar-refractivity contribution in [3.63, 3.8) is 0 Å². The molecule has 0 saturated heterocycles. The minimum absolute atomic E-state index is 0.434. The van der Waals surface area contributed by atoms with Gasteiger partial charge in [0, 0.05) is 0 Å². The zero-order valence-corrected chi connectivity index (χ0v) is 13.4. The van der Waals surface area contributed by atoms with Crippen molar-refractivity contribution in [2.24, 2.45) is 0 Å². The monoisotopic (exact) mass is 284 g/mol. The summed E-state index contributed by atoms with van der Waals surface area (Å²) >= 11 is 0. The first kappa shape index (κ1) is 14.4. The fourth-order valence-corrected chi connectivity index (χ4v) is 3.58. The third-order valence-electron chi connectivity index (χ3n) is 4.77. The average molecular weight is 284 g/mol. The number of rotatable bonds is 2. The predicted octanol–water partition coefficient (Wildman–Crippen LogP) is 4.52. The van der Waals surface area contributed by atoms with Gasteiger partial charge >= 0.3 is 0 Å². The zero-order valence-electron chi connectivity index (χ0n) is 13.4. The minimum atomic E-state index is -0.703. The van der Waals surface area contributed by atoms with Crippen LogP contribution in [0.15, 0.2) is 24.3 Å². The summed E-state index contributed by atoms with van der Waals surface area (Å²) in [6, 6.07) is 8.64. The lowest BCUT2D eigenvalue weighted by atomic mass is 9.78. The molecule has 1 aliphatic carbocycles. The third-order valence-corrected chi connectivity index (χ3v) is 4.77. The molecule has 1 atom stereocenters. The second kappa shape index (κ2) is 5.03. The van der Waals surface area contributed by atoms with E-state index in [9.17, 15) is 5.11 Å². The number of methoxy groups -OCH3 is 1. The first-order valence-electron chi connectivity index (χ1n) is 7.80. The molecule has 0 amide bonds. The lowest BCUT2D eigenvalue weighted by Gasteiger charge is -2.32. The zero-order chi connectivity index (χ0) is 15.2. The summed E-state index contributed by atoms with van der Waals surface area (Å²) in [5.74, 6) is 1.39. The molecule has 21 heavy (non-hydrogen) atoms. The van der Waals surface area contributed by atoms with E-state index in [1.807, 2.05) is 6.92 Å². The molecule has 0 aliphatic heterocycles. The van der Waals surface area contributed by atoms with Crippen molar-refractivity contribution in [2.45, 2.75) is 51.6 Å². The largest absolute Gasteiger partial charge is 0.496 e. The van der Waals surface area contributed by atoms with Gasteiger partial charge in [0.2, 0.25) is 0 Å². The van der Waals surface area contributed by atoms with Crippen molar-refractivity contribution in [1.82, 2.24) is 0 Å². The van der Waals surface area contributed by atoms with Crippen LogP contribution in [-0.2, 0) is 12.0 Å². The van der Waals surface area contributed by atoms with Gasteiger partial charge in [0.25, 0.3) is 0 Å². The number of ether oxygens (including phenoxy) is 1. The number of aliphatic hydroxyl groups is 1. The molecule has 112 valence electrons. The summed E-state index contributed by atoms with van der Waals surface area (Å²) in [6.45, 7) is 6.30. The first-order chi connectivity index (χ1) is 9.94. The van der Waals surface area contributed by atoms with Gasteiger partial charge in [0.15, 0.2) is 0 Å². The molecule has 2 aromatic rings. The molecule has 3 rings (SSSR count). The normalized spacial score (nSPS) is 21.6. The maximum atomic E-state index is 10.6. The number of fused-ring (bicyclic) bond motifs is 3. The average Bonchev–Trinajstić information content (AvgIpc) is 2.45. The molecule has 0 heterocycles. The molecule has 0 unspecified atom stereocenters. The Hall–Kier alpha value is -1.54. The Balaban J connectivity index is 2.29. The standard InChI is InChI=1S/C19H24O2/c1-12(2)15-10-13-7-8-17-14(6-5-9-19(17,3)20)16(13)11-18(15)21-4/h7-8,10-12,20H,5-6,9H2,1-4H3/t19-/m0/s1. The lowest BCUT2D eigenvalue weighted by molar-refractivity contribution is 0.0390. The van der Waals surface area contributed by atoms with Crippen LogP contribution in [0.25, 0.3) is 10.8 Å². The molecule has 0 aromatic heterocycles. The van der Waals surface area contributed by atoms with Crippen LogP contribution in [0, 0.1) is 0 Å². The van der Waals surface area contributed by atoms with Crippen molar-refractivity contribution in [3.05, 3.63) is 41.0 Å². The number of benzene rings is 2. The molecule has 2 nitrogen and oxygen atoms in total. The molecule has 0 bridgehead atoms. The first-order valence-corrected chi connectivity index (χ1v) is 7.80. The predicted molar refractivity (Wildman–Crippen MR) is 87.1 cm³/mol. The summed E-state index contributed by atoms with van der Waals surface area (Å²) in [7, 11) is 1.73. The van der Waals surface area contributed by atoms with E-state index in [1.165, 1.54) is 21.9 Å². The van der Waals surface area contributed by atoms with Gasteiger partial charge in [0.1, 0.15) is 5.75 Å². The SMILES string of the molecule is COc1cc2c3c(ccc2cc1C(C)C)[C@@](C)(O)CCC3. The smallest absolute Gasteiger partial charge is 0.122 e. The second-order valence-corrected chi connectivity index (χ2v) is 6.69. The molecule has 0 saturated carbocycles. The highest BCUT2D eigenvalue weighted by Crippen LogP contribution is 2.41. The van der Waals surface area contributed by atoms with Gasteiger partial charge < -0.3 is 9.84 Å². The van der Waals surface area contributed by atoms with E-state index in [1.54, 1.807) is 7.11 Å². The molecule has 0 radical (unpaired) electrons. The van der Waals surface area contributed by atoms with E-state index >= 15 is 0 Å². The second-order valence-electron chi connectivity index (χ2n) is 6.69. The Morgan fingerprint density at radius 3 is 2.67 bits per heavy atom. The van der Waals surface area contributed by atoms with Crippen LogP contribution in [0.1, 0.15) is 56.2 Å². The Morgan fingerprint density at radius 2 is 2.00 bits per heavy atom. The van der Waals surface area contributed by atoms with Crippen molar-refractivity contribution in [3.8, 4) is 5.75 Å². The number of hydrogen-bond donors (Lipinski definition) is 1. The van der Waals surface area contributed by atoms with Crippen LogP contribution < -0.4 is 4.74 Å². The maximum absolute atomic E-state index is 10.6. The van der Waals surface area contributed by atoms with Gasteiger partial charge in [-0.3, -0.25) is 0 Å². The van der Waals surface area contributed by atoms with Crippen LogP contribution >= 0.6 is 0 Å². The third kappa shape index (κ3) is 2.32. The molecule has 0 spiro atoms. The fourth-order valence-electron chi connectivity index (χ4n) is 3.58. The quantitative estimate of drug-likeness (QED) is 0.879. The Labute approximate surface area is 126 Å². The fraction of sp³-hybridized carbons (Fsp3) is 0.474. The van der Waals surface area contributed by atoms with Crippen LogP contribution in [0.4, 0.5) is 0 Å². The van der Waals surface area contributed by atoms with Gasteiger partial charge in [-0.05, 0) is 71.7 Å². The van der Waals surface area contributed by atoms with Crippen LogP contribution in [0.5, 0.6) is 5.75 Å². The van der Waals surface area contributed by atoms with Gasteiger partial charge in [-0.15, -0.1) is 0 Å². The highest BCUT2D eigenvalue weighted by Gasteiger charge is 2.30. The molecule has 1 N–H and O–H groups in total. The van der Waals surface area contributed by atoms with E-state index in [-0.39, 0.29) is 0 Å². The van der Waals surface area contributed by atoms with E-state index in [0.717, 1.165) is 30.6 Å². The van der Waals surface area contributed by atoms with Crippen molar-refractivity contribution in [2.75, 3.05) is 7.11 Å². The summed E-state index contributed by atoms with van der Waals surface area (Å²) in [4.78, 5) is 0. The maximum Gasteiger partial charge on any atom is 0.122 e. The molecule has 2 heteroatoms. The minimum Gasteiger partial charge on any atom is -0.496 e. The van der Waals surface area contributed by atoms with Gasteiger partial charge in [-0.25, -0.2) is 0 Å². The number of aryl methyl sites for hydroxylation is 1. The summed E-state index contributed by atoms with van der Waals surface area (Å²) < 4.78 is 5.60. The molecular weight excluding hydrogens is 260 g/mol. The van der Waals surface area contributed by atoms with Gasteiger partial charge in [-0.2, -0.15) is 0 Å². The number of hydrogen-bond acceptors (Lipinski definition) is 2. The van der Waals surface area contributed by atoms with Crippen LogP contribution in [0.3, 0.4) is 0 Å². The Bertz CT molecular complexity index is 684. The van der Waals surface area contributed by atoms with E-state index in [2.05, 4.69) is 38.1 Å². The molecule has 1 aliphatic rings. The van der Waals surface area contributed by atoms with Crippen LogP contribution in [-0.4, -0.2) is 12.2 Å². The van der Waals surface area contributed by atoms with Crippen molar-refractivity contribution < 1.29 is 9.84 Å². The van der Waals surface area contributed by atoms with E-state index < -0.39 is 5.60 Å². The van der Waals surface area contributed by atoms with E-state index in [0.29, 0.717) is 5.92 Å². The Kier molecular flexibility index (Phi) is 3.45. The van der Waals surface area contributed by atoms with Gasteiger partial charge in [0.05, 0.1) is 12.7 Å². The summed E-state index contributed by atoms with van der Waals surface area (Å²) in [5.41, 5.74) is 2.91. The van der Waals surface area contributed by atoms with Crippen molar-refractivity contribution >= 4 is 10.8 Å². The Morgan fingerprint density at radius 1 is 1.24 bits per heavy atom. The summed E-state index contributed by atoms with van der Waals surface area (Å²) in [6.07, 6.45) is 2.91. The van der Waals surface area contributed by atoms with Gasteiger partial charge in [-0.1, -0.05) is 26.0 Å². The summed E-state index contributed by atoms with van der Waals surface area (Å²) in [5, 5.41) is 13.1. The molecule has 2 aromatic carbocycles. The van der Waals surface area contributed by atoms with Crippen molar-refractivity contribution in [1.29, 1.82) is 0 Å². The lowest BCUT2D eigenvalue weighted by Crippen LogP contribution is -2.26.